The van der Waals surface area contributed by atoms with E-state index < -0.39 is 169 Å². The first-order chi connectivity index (χ1) is 45.2. The number of carbonyl (C=O) groups is 13. The number of nitrogens with zero attached hydrogens (tertiary/aromatic N) is 3. The minimum atomic E-state index is -1.64. The van der Waals surface area contributed by atoms with Crippen LogP contribution in [0.5, 0.6) is 0 Å². The number of carbonyl (C=O) groups excluding carboxylic acids is 13. The third kappa shape index (κ3) is 27.5. The van der Waals surface area contributed by atoms with Gasteiger partial charge in [-0.3, -0.25) is 67.3 Å². The van der Waals surface area contributed by atoms with Crippen LogP contribution in [0.15, 0.2) is 65.7 Å². The number of aliphatic imine (C=N–C) groups is 1. The van der Waals surface area contributed by atoms with Gasteiger partial charge >= 0.3 is 0 Å². The lowest BCUT2D eigenvalue weighted by atomic mass is 10.0. The van der Waals surface area contributed by atoms with E-state index in [1.165, 1.54) is 21.6 Å². The molecular formula is C63H98N18O13S. The van der Waals surface area contributed by atoms with Gasteiger partial charge in [0.15, 0.2) is 5.96 Å². The number of hydrogen-bond acceptors (Lipinski definition) is 17. The Morgan fingerprint density at radius 3 is 1.51 bits per heavy atom. The van der Waals surface area contributed by atoms with E-state index in [1.807, 2.05) is 20.1 Å². The molecule has 0 radical (unpaired) electrons. The summed E-state index contributed by atoms with van der Waals surface area (Å²) in [6.45, 7) is 3.86. The Bertz CT molecular complexity index is 2960. The third-order valence-electron chi connectivity index (χ3n) is 16.0. The molecule has 95 heavy (non-hydrogen) atoms. The second-order valence-corrected chi connectivity index (χ2v) is 25.1. The SMILES string of the molecule is CSCC[C@H](NC(=O)[C@@H](CC(C)C)NC(=O)CNC(=O)[C@H](Cc1ccccc1)NC(=O)[C@H](Cc1ccccc1)NC(=O)[C@@H](CCC(N)=O)NC(=O)[C@@H](CCC(N)=O)NC(=O)[C@@H]1CCCN1C(=O)[C@H](CCCCN)NC(=O)[C@H]1CCCN1C(=O)[C@@H](N)CCCN=C(N)N)C(N)=O. The number of benzene rings is 2. The molecule has 2 aliphatic rings. The summed E-state index contributed by atoms with van der Waals surface area (Å²) in [5.74, 6) is -9.80. The molecule has 13 amide bonds. The van der Waals surface area contributed by atoms with Gasteiger partial charge in [-0.2, -0.15) is 11.8 Å². The van der Waals surface area contributed by atoms with Crippen LogP contribution in [0.25, 0.3) is 0 Å². The van der Waals surface area contributed by atoms with E-state index in [1.54, 1.807) is 60.7 Å². The molecule has 2 fully saturated rings. The van der Waals surface area contributed by atoms with Crippen LogP contribution >= 0.6 is 11.8 Å². The van der Waals surface area contributed by atoms with Crippen LogP contribution < -0.4 is 82.7 Å². The van der Waals surface area contributed by atoms with Crippen LogP contribution in [0, 0.1) is 5.92 Å². The molecular weight excluding hydrogens is 1250 g/mol. The van der Waals surface area contributed by atoms with E-state index in [-0.39, 0.29) is 83.0 Å². The average Bonchev–Trinajstić information content (AvgIpc) is 1.74. The first-order valence-electron chi connectivity index (χ1n) is 32.2. The normalized spacial score (nSPS) is 16.8. The highest BCUT2D eigenvalue weighted by Gasteiger charge is 2.42. The fraction of sp³-hybridized carbons (Fsp3) is 0.587. The van der Waals surface area contributed by atoms with Crippen molar-refractivity contribution in [3.63, 3.8) is 0 Å². The van der Waals surface area contributed by atoms with Gasteiger partial charge in [-0.05, 0) is 119 Å². The highest BCUT2D eigenvalue weighted by molar-refractivity contribution is 7.98. The molecule has 10 atom stereocenters. The van der Waals surface area contributed by atoms with Crippen molar-refractivity contribution in [1.82, 2.24) is 52.3 Å². The summed E-state index contributed by atoms with van der Waals surface area (Å²) in [6, 6.07) is 4.51. The maximum atomic E-state index is 14.7. The van der Waals surface area contributed by atoms with Crippen molar-refractivity contribution in [2.75, 3.05) is 44.7 Å². The highest BCUT2D eigenvalue weighted by Crippen LogP contribution is 2.24. The van der Waals surface area contributed by atoms with Gasteiger partial charge in [0.05, 0.1) is 12.6 Å². The molecule has 0 saturated carbocycles. The summed E-state index contributed by atoms with van der Waals surface area (Å²) in [5, 5.41) is 21.1. The smallest absolute Gasteiger partial charge is 0.245 e. The number of thioether (sulfide) groups is 1. The van der Waals surface area contributed by atoms with Gasteiger partial charge in [0.25, 0.3) is 0 Å². The second-order valence-electron chi connectivity index (χ2n) is 24.1. The van der Waals surface area contributed by atoms with Gasteiger partial charge in [-0.15, -0.1) is 0 Å². The van der Waals surface area contributed by atoms with Gasteiger partial charge < -0.3 is 92.5 Å². The van der Waals surface area contributed by atoms with E-state index in [4.69, 9.17) is 40.1 Å². The van der Waals surface area contributed by atoms with Crippen molar-refractivity contribution in [1.29, 1.82) is 0 Å². The standard InChI is InChI=1S/C63H98N18O13S/c1-37(2)33-45(57(89)74-41(53(68)85)27-32-95-3)73-52(84)36-72-54(86)46(34-38-15-6-4-7-16-38)78-58(90)47(35-39-17-8-5-9-18-39)79-56(88)42(23-25-50(66)82)75-55(87)43(24-26-51(67)83)76-59(91)49-22-14-31-81(49)62(94)44(20-10-11-28-64)77-60(92)48-21-13-30-80(48)61(93)40(65)19-12-29-71-63(69)70/h4-9,15-18,37,40-49H,10-14,19-36,64-65H2,1-3H3,(H2,66,82)(H2,67,83)(H2,68,85)(H,72,86)(H,73,84)(H,74,89)(H,75,87)(H,76,91)(H,77,92)(H,78,90)(H,79,88)(H4,69,70,71)/t40-,41-,42+,43+,44-,45+,46-,47-,48+,49-/m0/s1. The monoisotopic (exact) mass is 1350 g/mol. The number of hydrogen-bond donors (Lipinski definition) is 15. The number of primary amides is 3. The van der Waals surface area contributed by atoms with Crippen molar-refractivity contribution in [3.8, 4) is 0 Å². The zero-order chi connectivity index (χ0) is 70.1. The zero-order valence-corrected chi connectivity index (χ0v) is 55.3. The number of nitrogens with one attached hydrogen (secondary N) is 8. The summed E-state index contributed by atoms with van der Waals surface area (Å²) in [4.78, 5) is 185. The molecule has 524 valence electrons. The summed E-state index contributed by atoms with van der Waals surface area (Å²) >= 11 is 1.45. The minimum absolute atomic E-state index is 0.0736. The summed E-state index contributed by atoms with van der Waals surface area (Å²) in [6.07, 6.45) is 3.12. The Kier molecular flexibility index (Phi) is 33.9. The molecule has 31 nitrogen and oxygen atoms in total. The minimum Gasteiger partial charge on any atom is -0.370 e. The highest BCUT2D eigenvalue weighted by atomic mass is 32.2. The number of guanidine groups is 1. The number of unbranched alkanes of at least 4 members (excludes halogenated alkanes) is 1. The molecule has 0 bridgehead atoms. The molecule has 4 rings (SSSR count). The fourth-order valence-electron chi connectivity index (χ4n) is 11.0. The Morgan fingerprint density at radius 2 is 1.01 bits per heavy atom. The topological polar surface area (TPSA) is 519 Å². The molecule has 0 aromatic heterocycles. The van der Waals surface area contributed by atoms with Crippen LogP contribution in [0.2, 0.25) is 0 Å². The Hall–Kier alpha value is -8.91. The van der Waals surface area contributed by atoms with Crippen LogP contribution in [0.4, 0.5) is 0 Å². The molecule has 0 aliphatic carbocycles. The van der Waals surface area contributed by atoms with Crippen molar-refractivity contribution in [2.24, 2.45) is 51.0 Å². The van der Waals surface area contributed by atoms with Gasteiger partial charge in [0.1, 0.15) is 54.4 Å². The lowest BCUT2D eigenvalue weighted by molar-refractivity contribution is -0.144. The fourth-order valence-corrected chi connectivity index (χ4v) is 11.5. The molecule has 2 aromatic rings. The largest absolute Gasteiger partial charge is 0.370 e. The third-order valence-corrected chi connectivity index (χ3v) is 16.7. The quantitative estimate of drug-likeness (QED) is 0.0173. The Labute approximate surface area is 558 Å². The number of nitrogens with two attached hydrogens (primary N) is 7. The number of likely N-dealkylation sites (tertiary alicyclic amines) is 2. The molecule has 2 saturated heterocycles. The van der Waals surface area contributed by atoms with Gasteiger partial charge in [0, 0.05) is 45.3 Å². The first kappa shape index (κ1) is 78.5. The van der Waals surface area contributed by atoms with Crippen molar-refractivity contribution in [3.05, 3.63) is 71.8 Å². The van der Waals surface area contributed by atoms with Gasteiger partial charge in [0.2, 0.25) is 76.8 Å². The molecule has 22 N–H and O–H groups in total. The predicted octanol–water partition coefficient (Wildman–Crippen LogP) is -3.71. The molecule has 2 aromatic carbocycles. The van der Waals surface area contributed by atoms with Gasteiger partial charge in [-0.1, -0.05) is 74.5 Å². The maximum Gasteiger partial charge on any atom is 0.245 e. The predicted molar refractivity (Wildman–Crippen MR) is 356 cm³/mol. The van der Waals surface area contributed by atoms with Crippen LogP contribution in [0.1, 0.15) is 121 Å². The Morgan fingerprint density at radius 1 is 0.537 bits per heavy atom. The lowest BCUT2D eigenvalue weighted by Gasteiger charge is -2.32. The van der Waals surface area contributed by atoms with Crippen molar-refractivity contribution in [2.45, 2.75) is 183 Å². The molecule has 2 heterocycles. The van der Waals surface area contributed by atoms with E-state index in [9.17, 15) is 62.3 Å². The molecule has 0 spiro atoms. The first-order valence-corrected chi connectivity index (χ1v) is 33.6. The molecule has 32 heteroatoms. The lowest BCUT2D eigenvalue weighted by Crippen LogP contribution is -2.60. The summed E-state index contributed by atoms with van der Waals surface area (Å²) < 4.78 is 0. The molecule has 2 aliphatic heterocycles. The van der Waals surface area contributed by atoms with E-state index in [0.29, 0.717) is 55.4 Å². The van der Waals surface area contributed by atoms with Gasteiger partial charge in [-0.25, -0.2) is 0 Å². The van der Waals surface area contributed by atoms with Crippen molar-refractivity contribution >= 4 is 94.5 Å². The van der Waals surface area contributed by atoms with E-state index >= 15 is 0 Å². The molecule has 0 unspecified atom stereocenters. The van der Waals surface area contributed by atoms with Crippen LogP contribution in [-0.4, -0.2) is 198 Å². The van der Waals surface area contributed by atoms with E-state index in [0.717, 1.165) is 0 Å². The van der Waals surface area contributed by atoms with Crippen LogP contribution in [-0.2, 0) is 75.2 Å². The number of amides is 13. The second kappa shape index (κ2) is 41.0. The van der Waals surface area contributed by atoms with Crippen molar-refractivity contribution < 1.29 is 62.3 Å². The van der Waals surface area contributed by atoms with Crippen LogP contribution in [0.3, 0.4) is 0 Å². The zero-order valence-electron chi connectivity index (χ0n) is 54.5. The number of rotatable bonds is 42. The summed E-state index contributed by atoms with van der Waals surface area (Å²) in [7, 11) is 0. The van der Waals surface area contributed by atoms with E-state index in [2.05, 4.69) is 47.5 Å². The summed E-state index contributed by atoms with van der Waals surface area (Å²) in [5.41, 5.74) is 40.6. The maximum absolute atomic E-state index is 14.7. The average molecular weight is 1350 g/mol. The Balaban J connectivity index is 1.56.